The van der Waals surface area contributed by atoms with Crippen molar-refractivity contribution in [2.24, 2.45) is 0 Å². The number of imidazole rings is 1. The molecule has 2 aliphatic rings. The monoisotopic (exact) mass is 457 g/mol. The number of nitrogens with two attached hydrogens (primary N) is 1. The third-order valence-corrected chi connectivity index (χ3v) is 7.21. The molecule has 3 aromatic rings. The van der Waals surface area contributed by atoms with Crippen molar-refractivity contribution < 1.29 is 9.59 Å². The summed E-state index contributed by atoms with van der Waals surface area (Å²) in [7, 11) is 0. The van der Waals surface area contributed by atoms with Crippen molar-refractivity contribution in [1.29, 1.82) is 0 Å². The number of amides is 2. The van der Waals surface area contributed by atoms with E-state index in [0.717, 1.165) is 66.4 Å². The van der Waals surface area contributed by atoms with E-state index in [1.807, 2.05) is 47.1 Å². The van der Waals surface area contributed by atoms with Gasteiger partial charge in [0.05, 0.1) is 17.9 Å². The van der Waals surface area contributed by atoms with Crippen LogP contribution < -0.4 is 5.73 Å². The normalized spacial score (nSPS) is 16.4. The molecular formula is C27H31N5O2. The Labute approximate surface area is 200 Å². The predicted octanol–water partition coefficient (Wildman–Crippen LogP) is 3.89. The lowest BCUT2D eigenvalue weighted by Crippen LogP contribution is -2.37. The highest BCUT2D eigenvalue weighted by atomic mass is 16.2. The van der Waals surface area contributed by atoms with E-state index >= 15 is 0 Å². The number of H-pyrrole nitrogens is 1. The van der Waals surface area contributed by atoms with Gasteiger partial charge in [0.25, 0.3) is 5.91 Å². The second-order valence-electron chi connectivity index (χ2n) is 9.46. The van der Waals surface area contributed by atoms with Crippen LogP contribution in [0.4, 0.5) is 5.69 Å². The molecule has 7 nitrogen and oxygen atoms in total. The molecule has 2 aliphatic heterocycles. The van der Waals surface area contributed by atoms with Gasteiger partial charge in [-0.1, -0.05) is 18.2 Å². The molecule has 1 saturated heterocycles. The van der Waals surface area contributed by atoms with Crippen LogP contribution in [0.5, 0.6) is 0 Å². The number of nitrogens with one attached hydrogen (secondary N) is 1. The zero-order valence-electron chi connectivity index (χ0n) is 19.8. The predicted molar refractivity (Wildman–Crippen MR) is 132 cm³/mol. The van der Waals surface area contributed by atoms with E-state index < -0.39 is 0 Å². The molecule has 2 amide bonds. The Bertz CT molecular complexity index is 1220. The third-order valence-electron chi connectivity index (χ3n) is 7.21. The molecule has 34 heavy (non-hydrogen) atoms. The van der Waals surface area contributed by atoms with Crippen molar-refractivity contribution in [1.82, 2.24) is 19.8 Å². The van der Waals surface area contributed by atoms with Crippen LogP contribution in [0.2, 0.25) is 0 Å². The maximum absolute atomic E-state index is 13.3. The van der Waals surface area contributed by atoms with Gasteiger partial charge >= 0.3 is 0 Å². The van der Waals surface area contributed by atoms with Gasteiger partial charge in [0, 0.05) is 49.8 Å². The van der Waals surface area contributed by atoms with Crippen molar-refractivity contribution in [3.8, 4) is 11.4 Å². The first-order valence-electron chi connectivity index (χ1n) is 12.0. The van der Waals surface area contributed by atoms with Crippen molar-refractivity contribution >= 4 is 17.5 Å². The fraction of sp³-hybridized carbons (Fsp3) is 0.370. The molecule has 2 aromatic carbocycles. The number of nitrogens with zero attached hydrogens (tertiary/aromatic N) is 3. The van der Waals surface area contributed by atoms with E-state index in [1.54, 1.807) is 6.92 Å². The molecule has 3 heterocycles. The first-order valence-corrected chi connectivity index (χ1v) is 12.0. The highest BCUT2D eigenvalue weighted by Gasteiger charge is 2.26. The Balaban J connectivity index is 1.31. The Morgan fingerprint density at radius 2 is 1.76 bits per heavy atom. The molecular weight excluding hydrogens is 426 g/mol. The summed E-state index contributed by atoms with van der Waals surface area (Å²) >= 11 is 0. The molecule has 0 unspecified atom stereocenters. The summed E-state index contributed by atoms with van der Waals surface area (Å²) in [5.41, 5.74) is 12.6. The average molecular weight is 458 g/mol. The number of likely N-dealkylation sites (tertiary alicyclic amines) is 1. The minimum absolute atomic E-state index is 0.0658. The van der Waals surface area contributed by atoms with Crippen molar-refractivity contribution in [3.63, 3.8) is 0 Å². The number of anilines is 1. The fourth-order valence-corrected chi connectivity index (χ4v) is 5.07. The molecule has 176 valence electrons. The number of rotatable bonds is 3. The lowest BCUT2D eigenvalue weighted by Gasteiger charge is -2.32. The number of hydrogen-bond acceptors (Lipinski definition) is 4. The van der Waals surface area contributed by atoms with E-state index in [0.29, 0.717) is 24.6 Å². The first kappa shape index (κ1) is 22.2. The molecule has 0 saturated carbocycles. The quantitative estimate of drug-likeness (QED) is 0.583. The van der Waals surface area contributed by atoms with Gasteiger partial charge in [0.15, 0.2) is 0 Å². The minimum Gasteiger partial charge on any atom is -0.399 e. The van der Waals surface area contributed by atoms with Crippen LogP contribution in [0.3, 0.4) is 0 Å². The van der Waals surface area contributed by atoms with Crippen LogP contribution in [-0.4, -0.2) is 51.2 Å². The molecule has 1 aromatic heterocycles. The van der Waals surface area contributed by atoms with Gasteiger partial charge in [-0.05, 0) is 61.1 Å². The lowest BCUT2D eigenvalue weighted by molar-refractivity contribution is -0.129. The molecule has 0 bridgehead atoms. The van der Waals surface area contributed by atoms with E-state index in [1.165, 1.54) is 5.56 Å². The minimum atomic E-state index is 0.0658. The van der Waals surface area contributed by atoms with E-state index in [2.05, 4.69) is 17.1 Å². The van der Waals surface area contributed by atoms with Crippen molar-refractivity contribution in [3.05, 3.63) is 70.5 Å². The summed E-state index contributed by atoms with van der Waals surface area (Å²) in [6, 6.07) is 14.0. The first-order chi connectivity index (χ1) is 16.4. The van der Waals surface area contributed by atoms with Crippen LogP contribution in [0.15, 0.2) is 42.5 Å². The summed E-state index contributed by atoms with van der Waals surface area (Å²) in [5, 5.41) is 0. The van der Waals surface area contributed by atoms with Crippen LogP contribution in [-0.2, 0) is 17.8 Å². The summed E-state index contributed by atoms with van der Waals surface area (Å²) < 4.78 is 0. The molecule has 0 aliphatic carbocycles. The Morgan fingerprint density at radius 1 is 1.03 bits per heavy atom. The van der Waals surface area contributed by atoms with Gasteiger partial charge in [-0.25, -0.2) is 4.98 Å². The largest absolute Gasteiger partial charge is 0.399 e. The second kappa shape index (κ2) is 8.97. The van der Waals surface area contributed by atoms with Crippen LogP contribution in [0, 0.1) is 6.92 Å². The second-order valence-corrected chi connectivity index (χ2v) is 9.46. The van der Waals surface area contributed by atoms with Gasteiger partial charge in [0.1, 0.15) is 5.82 Å². The van der Waals surface area contributed by atoms with Gasteiger partial charge in [-0.2, -0.15) is 0 Å². The zero-order valence-corrected chi connectivity index (χ0v) is 19.8. The standard InChI is InChI=1S/C27H31N5O2/c1-17-3-4-21(15-23(17)26-29-24-11-14-32(18(2)33)16-25(24)30-26)27(34)31-12-9-20(10-13-31)19-5-7-22(28)8-6-19/h3-8,15,20H,9-14,16,28H2,1-2H3,(H,29,30). The Hall–Kier alpha value is -3.61. The molecule has 3 N–H and O–H groups in total. The fourth-order valence-electron chi connectivity index (χ4n) is 5.07. The number of fused-ring (bicyclic) bond motifs is 1. The number of aromatic nitrogens is 2. The number of piperidine rings is 1. The van der Waals surface area contributed by atoms with Gasteiger partial charge in [0.2, 0.25) is 5.91 Å². The van der Waals surface area contributed by atoms with Crippen molar-refractivity contribution in [2.45, 2.75) is 45.6 Å². The third kappa shape index (κ3) is 4.30. The van der Waals surface area contributed by atoms with Crippen LogP contribution in [0.1, 0.15) is 58.6 Å². The van der Waals surface area contributed by atoms with Gasteiger partial charge in [-0.3, -0.25) is 9.59 Å². The Morgan fingerprint density at radius 3 is 2.47 bits per heavy atom. The zero-order chi connectivity index (χ0) is 23.8. The molecule has 0 spiro atoms. The highest BCUT2D eigenvalue weighted by molar-refractivity contribution is 5.95. The van der Waals surface area contributed by atoms with Gasteiger partial charge in [-0.15, -0.1) is 0 Å². The van der Waals surface area contributed by atoms with Crippen LogP contribution >= 0.6 is 0 Å². The average Bonchev–Trinajstić information content (AvgIpc) is 3.28. The van der Waals surface area contributed by atoms with Crippen LogP contribution in [0.25, 0.3) is 11.4 Å². The SMILES string of the molecule is CC(=O)N1CCc2nc(-c3cc(C(=O)N4CCC(c5ccc(N)cc5)CC4)ccc3C)[nH]c2C1. The molecule has 5 rings (SSSR count). The molecule has 0 atom stereocenters. The van der Waals surface area contributed by atoms with Crippen molar-refractivity contribution in [2.75, 3.05) is 25.4 Å². The molecule has 1 fully saturated rings. The Kier molecular flexibility index (Phi) is 5.86. The summed E-state index contributed by atoms with van der Waals surface area (Å²) in [5.74, 6) is 1.37. The molecule has 7 heteroatoms. The number of nitrogen functional groups attached to an aromatic ring is 1. The lowest BCUT2D eigenvalue weighted by atomic mass is 9.89. The highest BCUT2D eigenvalue weighted by Crippen LogP contribution is 2.30. The number of carbonyl (C=O) groups is 2. The van der Waals surface area contributed by atoms with Gasteiger partial charge < -0.3 is 20.5 Å². The smallest absolute Gasteiger partial charge is 0.253 e. The number of hydrogen-bond donors (Lipinski definition) is 2. The maximum Gasteiger partial charge on any atom is 0.253 e. The number of aryl methyl sites for hydroxylation is 1. The molecule has 0 radical (unpaired) electrons. The topological polar surface area (TPSA) is 95.3 Å². The maximum atomic E-state index is 13.3. The summed E-state index contributed by atoms with van der Waals surface area (Å²) in [6.45, 7) is 6.36. The van der Waals surface area contributed by atoms with E-state index in [9.17, 15) is 9.59 Å². The summed E-state index contributed by atoms with van der Waals surface area (Å²) in [4.78, 5) is 37.1. The summed E-state index contributed by atoms with van der Waals surface area (Å²) in [6.07, 6.45) is 2.64. The van der Waals surface area contributed by atoms with E-state index in [4.69, 9.17) is 10.7 Å². The van der Waals surface area contributed by atoms with E-state index in [-0.39, 0.29) is 11.8 Å². The number of aromatic amines is 1. The number of carbonyl (C=O) groups excluding carboxylic acids is 2. The number of benzene rings is 2.